The Labute approximate surface area is 119 Å². The van der Waals surface area contributed by atoms with Crippen LogP contribution in [0.5, 0.6) is 0 Å². The first-order valence-electron chi connectivity index (χ1n) is 6.95. The molecule has 2 atom stereocenters. The molecule has 2 aromatic rings. The van der Waals surface area contributed by atoms with Gasteiger partial charge in [0, 0.05) is 12.6 Å². The predicted molar refractivity (Wildman–Crippen MR) is 82.2 cm³/mol. The van der Waals surface area contributed by atoms with Gasteiger partial charge in [-0.3, -0.25) is 0 Å². The molecular formula is C15H21N3S. The highest BCUT2D eigenvalue weighted by Crippen LogP contribution is 2.31. The van der Waals surface area contributed by atoms with Crippen LogP contribution in [0.4, 0.5) is 0 Å². The van der Waals surface area contributed by atoms with Crippen molar-refractivity contribution in [3.8, 4) is 0 Å². The second-order valence-corrected chi connectivity index (χ2v) is 6.30. The molecule has 0 amide bonds. The number of hydrogen-bond acceptors (Lipinski definition) is 2. The third kappa shape index (κ3) is 2.23. The van der Waals surface area contributed by atoms with E-state index in [-0.39, 0.29) is 0 Å². The first-order chi connectivity index (χ1) is 9.06. The summed E-state index contributed by atoms with van der Waals surface area (Å²) in [5, 5.41) is 0. The zero-order valence-corrected chi connectivity index (χ0v) is 12.6. The molecule has 0 bridgehead atoms. The van der Waals surface area contributed by atoms with E-state index in [0.29, 0.717) is 12.0 Å². The highest BCUT2D eigenvalue weighted by atomic mass is 32.1. The highest BCUT2D eigenvalue weighted by molar-refractivity contribution is 7.71. The molecule has 19 heavy (non-hydrogen) atoms. The van der Waals surface area contributed by atoms with Crippen molar-refractivity contribution in [1.29, 1.82) is 0 Å². The zero-order chi connectivity index (χ0) is 13.6. The number of fused-ring (bicyclic) bond motifs is 1. The zero-order valence-electron chi connectivity index (χ0n) is 11.8. The summed E-state index contributed by atoms with van der Waals surface area (Å²) in [5.74, 6) is 0.630. The SMILES string of the molecule is Cc1ccc2[nH]c(=S)n(C3CCN(C)CC3C)c2c1. The molecule has 0 radical (unpaired) electrons. The van der Waals surface area contributed by atoms with Crippen molar-refractivity contribution in [3.05, 3.63) is 28.5 Å². The van der Waals surface area contributed by atoms with Crippen LogP contribution in [0.15, 0.2) is 18.2 Å². The number of H-pyrrole nitrogens is 1. The van der Waals surface area contributed by atoms with Crippen molar-refractivity contribution in [2.75, 3.05) is 20.1 Å². The second-order valence-electron chi connectivity index (χ2n) is 5.92. The summed E-state index contributed by atoms with van der Waals surface area (Å²) < 4.78 is 3.21. The summed E-state index contributed by atoms with van der Waals surface area (Å²) in [6.45, 7) is 6.76. The molecule has 1 N–H and O–H groups in total. The van der Waals surface area contributed by atoms with E-state index in [1.165, 1.54) is 17.5 Å². The molecule has 1 saturated heterocycles. The van der Waals surface area contributed by atoms with Crippen molar-refractivity contribution in [1.82, 2.24) is 14.5 Å². The van der Waals surface area contributed by atoms with Gasteiger partial charge in [-0.1, -0.05) is 13.0 Å². The Morgan fingerprint density at radius 2 is 2.16 bits per heavy atom. The van der Waals surface area contributed by atoms with Crippen LogP contribution in [-0.2, 0) is 0 Å². The average Bonchev–Trinajstić information content (AvgIpc) is 2.65. The van der Waals surface area contributed by atoms with E-state index < -0.39 is 0 Å². The number of piperidine rings is 1. The molecular weight excluding hydrogens is 254 g/mol. The molecule has 1 aliphatic heterocycles. The van der Waals surface area contributed by atoms with Crippen LogP contribution in [0.3, 0.4) is 0 Å². The standard InChI is InChI=1S/C15H21N3S/c1-10-4-5-12-14(8-10)18(15(19)16-12)13-6-7-17(3)9-11(13)2/h4-5,8,11,13H,6-7,9H2,1-3H3,(H,16,19). The molecule has 0 saturated carbocycles. The van der Waals surface area contributed by atoms with E-state index in [2.05, 4.69) is 53.5 Å². The maximum Gasteiger partial charge on any atom is 0.178 e. The Morgan fingerprint density at radius 1 is 1.37 bits per heavy atom. The second kappa shape index (κ2) is 4.76. The number of rotatable bonds is 1. The summed E-state index contributed by atoms with van der Waals surface area (Å²) in [6, 6.07) is 7.03. The Hall–Kier alpha value is -1.13. The summed E-state index contributed by atoms with van der Waals surface area (Å²) in [7, 11) is 2.20. The predicted octanol–water partition coefficient (Wildman–Crippen LogP) is 3.52. The van der Waals surface area contributed by atoms with Crippen LogP contribution in [0.2, 0.25) is 0 Å². The minimum Gasteiger partial charge on any atom is -0.331 e. The van der Waals surface area contributed by atoms with Gasteiger partial charge in [-0.05, 0) is 62.8 Å². The van der Waals surface area contributed by atoms with Crippen molar-refractivity contribution in [2.45, 2.75) is 26.3 Å². The van der Waals surface area contributed by atoms with E-state index >= 15 is 0 Å². The third-order valence-electron chi connectivity index (χ3n) is 4.27. The van der Waals surface area contributed by atoms with Crippen LogP contribution in [0, 0.1) is 17.6 Å². The van der Waals surface area contributed by atoms with Crippen LogP contribution in [0.25, 0.3) is 11.0 Å². The first kappa shape index (κ1) is 12.9. The number of benzene rings is 1. The van der Waals surface area contributed by atoms with Gasteiger partial charge in [-0.25, -0.2) is 0 Å². The fourth-order valence-electron chi connectivity index (χ4n) is 3.29. The molecule has 102 valence electrons. The van der Waals surface area contributed by atoms with E-state index in [1.807, 2.05) is 0 Å². The normalized spacial score (nSPS) is 25.0. The van der Waals surface area contributed by atoms with Gasteiger partial charge in [0.1, 0.15) is 0 Å². The minimum atomic E-state index is 0.513. The van der Waals surface area contributed by atoms with E-state index in [1.54, 1.807) is 0 Å². The van der Waals surface area contributed by atoms with Crippen LogP contribution in [0.1, 0.15) is 24.9 Å². The van der Waals surface area contributed by atoms with Gasteiger partial charge >= 0.3 is 0 Å². The van der Waals surface area contributed by atoms with Crippen LogP contribution < -0.4 is 0 Å². The number of aromatic nitrogens is 2. The molecule has 1 aliphatic rings. The largest absolute Gasteiger partial charge is 0.331 e. The molecule has 4 heteroatoms. The maximum absolute atomic E-state index is 5.55. The number of aromatic amines is 1. The number of likely N-dealkylation sites (tertiary alicyclic amines) is 1. The number of imidazole rings is 1. The molecule has 2 unspecified atom stereocenters. The van der Waals surface area contributed by atoms with Crippen LogP contribution >= 0.6 is 12.2 Å². The fourth-order valence-corrected chi connectivity index (χ4v) is 3.63. The molecule has 3 rings (SSSR count). The van der Waals surface area contributed by atoms with E-state index in [9.17, 15) is 0 Å². The Morgan fingerprint density at radius 3 is 2.89 bits per heavy atom. The lowest BCUT2D eigenvalue weighted by atomic mass is 9.94. The summed E-state index contributed by atoms with van der Waals surface area (Å²) >= 11 is 5.55. The molecule has 3 nitrogen and oxygen atoms in total. The lowest BCUT2D eigenvalue weighted by molar-refractivity contribution is 0.160. The van der Waals surface area contributed by atoms with Gasteiger partial charge in [-0.15, -0.1) is 0 Å². The molecule has 0 aliphatic carbocycles. The molecule has 0 spiro atoms. The Bertz CT molecular complexity index is 655. The Kier molecular flexibility index (Phi) is 3.23. The fraction of sp³-hybridized carbons (Fsp3) is 0.533. The van der Waals surface area contributed by atoms with Crippen molar-refractivity contribution in [3.63, 3.8) is 0 Å². The number of nitrogens with one attached hydrogen (secondary N) is 1. The third-order valence-corrected chi connectivity index (χ3v) is 4.57. The summed E-state index contributed by atoms with van der Waals surface area (Å²) in [6.07, 6.45) is 1.17. The van der Waals surface area contributed by atoms with Gasteiger partial charge in [0.25, 0.3) is 0 Å². The Balaban J connectivity index is 2.11. The smallest absolute Gasteiger partial charge is 0.178 e. The van der Waals surface area contributed by atoms with Crippen molar-refractivity contribution >= 4 is 23.3 Å². The van der Waals surface area contributed by atoms with E-state index in [0.717, 1.165) is 23.4 Å². The van der Waals surface area contributed by atoms with Crippen molar-refractivity contribution < 1.29 is 0 Å². The lowest BCUT2D eigenvalue weighted by Gasteiger charge is -2.35. The van der Waals surface area contributed by atoms with Gasteiger partial charge in [0.05, 0.1) is 11.0 Å². The number of aryl methyl sites for hydroxylation is 1. The maximum atomic E-state index is 5.55. The van der Waals surface area contributed by atoms with Gasteiger partial charge in [0.15, 0.2) is 4.77 Å². The van der Waals surface area contributed by atoms with Gasteiger partial charge < -0.3 is 14.5 Å². The van der Waals surface area contributed by atoms with Gasteiger partial charge in [0.2, 0.25) is 0 Å². The molecule has 2 heterocycles. The summed E-state index contributed by atoms with van der Waals surface area (Å²) in [4.78, 5) is 5.76. The molecule has 1 aromatic heterocycles. The lowest BCUT2D eigenvalue weighted by Crippen LogP contribution is -2.37. The quantitative estimate of drug-likeness (QED) is 0.805. The highest BCUT2D eigenvalue weighted by Gasteiger charge is 2.27. The molecule has 1 aromatic carbocycles. The number of hydrogen-bond donors (Lipinski definition) is 1. The summed E-state index contributed by atoms with van der Waals surface area (Å²) in [5.41, 5.74) is 3.70. The molecule has 1 fully saturated rings. The monoisotopic (exact) mass is 275 g/mol. The number of nitrogens with zero attached hydrogens (tertiary/aromatic N) is 2. The van der Waals surface area contributed by atoms with Crippen molar-refractivity contribution in [2.24, 2.45) is 5.92 Å². The first-order valence-corrected chi connectivity index (χ1v) is 7.36. The van der Waals surface area contributed by atoms with Crippen LogP contribution in [-0.4, -0.2) is 34.6 Å². The minimum absolute atomic E-state index is 0.513. The average molecular weight is 275 g/mol. The van der Waals surface area contributed by atoms with E-state index in [4.69, 9.17) is 12.2 Å². The van der Waals surface area contributed by atoms with Gasteiger partial charge in [-0.2, -0.15) is 0 Å². The topological polar surface area (TPSA) is 24.0 Å².